The van der Waals surface area contributed by atoms with E-state index >= 15 is 0 Å². The number of hydrogen-bond acceptors (Lipinski definition) is 3. The average molecular weight is 211 g/mol. The molecule has 0 atom stereocenters. The first kappa shape index (κ1) is 10.7. The zero-order valence-electron chi connectivity index (χ0n) is 6.68. The van der Waals surface area contributed by atoms with Crippen LogP contribution in [0.2, 0.25) is 0 Å². The van der Waals surface area contributed by atoms with Crippen molar-refractivity contribution >= 4 is 0 Å². The third-order valence-corrected chi connectivity index (χ3v) is 1.35. The van der Waals surface area contributed by atoms with E-state index < -0.39 is 30.1 Å². The molecule has 0 saturated heterocycles. The Morgan fingerprint density at radius 3 is 2.50 bits per heavy atom. The Morgan fingerprint density at radius 2 is 2.00 bits per heavy atom. The van der Waals surface area contributed by atoms with Gasteiger partial charge in [0.1, 0.15) is 0 Å². The number of pyridine rings is 1. The molecule has 0 radical (unpaired) electrons. The number of rotatable bonds is 2. The van der Waals surface area contributed by atoms with E-state index in [-0.39, 0.29) is 0 Å². The molecule has 0 bridgehead atoms. The average Bonchev–Trinajstić information content (AvgIpc) is 2.01. The lowest BCUT2D eigenvalue weighted by atomic mass is 10.2. The van der Waals surface area contributed by atoms with Gasteiger partial charge >= 0.3 is 6.36 Å². The number of halogens is 4. The molecule has 78 valence electrons. The highest BCUT2D eigenvalue weighted by Gasteiger charge is 2.32. The minimum Gasteiger partial charge on any atom is -0.404 e. The predicted octanol–water partition coefficient (Wildman–Crippen LogP) is 1.61. The fraction of sp³-hybridized carbons (Fsp3) is 0.286. The second-order valence-electron chi connectivity index (χ2n) is 2.30. The van der Waals surface area contributed by atoms with E-state index in [9.17, 15) is 17.6 Å². The summed E-state index contributed by atoms with van der Waals surface area (Å²) in [5, 5.41) is 8.58. The molecule has 14 heavy (non-hydrogen) atoms. The van der Waals surface area contributed by atoms with Gasteiger partial charge in [0.15, 0.2) is 11.6 Å². The Bertz CT molecular complexity index is 326. The van der Waals surface area contributed by atoms with E-state index in [0.29, 0.717) is 12.4 Å². The topological polar surface area (TPSA) is 42.4 Å². The van der Waals surface area contributed by atoms with Gasteiger partial charge in [-0.25, -0.2) is 4.39 Å². The monoisotopic (exact) mass is 211 g/mol. The van der Waals surface area contributed by atoms with Gasteiger partial charge in [-0.05, 0) is 0 Å². The maximum atomic E-state index is 12.8. The highest BCUT2D eigenvalue weighted by atomic mass is 19.4. The largest absolute Gasteiger partial charge is 0.573 e. The van der Waals surface area contributed by atoms with Crippen molar-refractivity contribution in [2.75, 3.05) is 0 Å². The molecule has 3 nitrogen and oxygen atoms in total. The number of aromatic nitrogens is 1. The lowest BCUT2D eigenvalue weighted by Crippen LogP contribution is -2.18. The normalized spacial score (nSPS) is 11.5. The van der Waals surface area contributed by atoms with Crippen molar-refractivity contribution in [3.8, 4) is 5.75 Å². The van der Waals surface area contributed by atoms with Crippen LogP contribution < -0.4 is 4.74 Å². The van der Waals surface area contributed by atoms with Crippen LogP contribution in [-0.2, 0) is 6.61 Å². The Balaban J connectivity index is 3.02. The fourth-order valence-corrected chi connectivity index (χ4v) is 0.810. The molecular formula is C7H5F4NO2. The Labute approximate surface area is 76.0 Å². The number of aliphatic hydroxyl groups excluding tert-OH is 1. The lowest BCUT2D eigenvalue weighted by Gasteiger charge is -2.11. The highest BCUT2D eigenvalue weighted by molar-refractivity contribution is 5.30. The van der Waals surface area contributed by atoms with E-state index in [1.807, 2.05) is 0 Å². The predicted molar refractivity (Wildman–Crippen MR) is 36.8 cm³/mol. The third kappa shape index (κ3) is 2.56. The zero-order chi connectivity index (χ0) is 10.8. The summed E-state index contributed by atoms with van der Waals surface area (Å²) in [4.78, 5) is 3.17. The van der Waals surface area contributed by atoms with Crippen molar-refractivity contribution < 1.29 is 27.4 Å². The molecule has 0 amide bonds. The van der Waals surface area contributed by atoms with Gasteiger partial charge in [0.05, 0.1) is 24.6 Å². The van der Waals surface area contributed by atoms with Crippen molar-refractivity contribution in [3.63, 3.8) is 0 Å². The number of ether oxygens (including phenoxy) is 1. The van der Waals surface area contributed by atoms with Gasteiger partial charge in [0.2, 0.25) is 0 Å². The second-order valence-corrected chi connectivity index (χ2v) is 2.30. The Morgan fingerprint density at radius 1 is 1.36 bits per heavy atom. The van der Waals surface area contributed by atoms with Gasteiger partial charge in [0, 0.05) is 0 Å². The van der Waals surface area contributed by atoms with Crippen LogP contribution in [-0.4, -0.2) is 16.5 Å². The van der Waals surface area contributed by atoms with Crippen molar-refractivity contribution in [1.29, 1.82) is 0 Å². The molecular weight excluding hydrogens is 206 g/mol. The molecule has 1 aromatic heterocycles. The summed E-state index contributed by atoms with van der Waals surface area (Å²) in [6.07, 6.45) is -3.56. The second kappa shape index (κ2) is 3.79. The van der Waals surface area contributed by atoms with E-state index in [1.165, 1.54) is 0 Å². The van der Waals surface area contributed by atoms with E-state index in [0.717, 1.165) is 0 Å². The summed E-state index contributed by atoms with van der Waals surface area (Å²) in [6, 6.07) is 0. The maximum absolute atomic E-state index is 12.8. The number of nitrogens with zero attached hydrogens (tertiary/aromatic N) is 1. The van der Waals surface area contributed by atoms with Crippen LogP contribution in [0.3, 0.4) is 0 Å². The molecule has 0 aliphatic heterocycles. The summed E-state index contributed by atoms with van der Waals surface area (Å²) in [5.41, 5.74) is -0.572. The zero-order valence-corrected chi connectivity index (χ0v) is 6.68. The van der Waals surface area contributed by atoms with Crippen LogP contribution in [0.25, 0.3) is 0 Å². The summed E-state index contributed by atoms with van der Waals surface area (Å²) >= 11 is 0. The summed E-state index contributed by atoms with van der Waals surface area (Å²) in [7, 11) is 0. The van der Waals surface area contributed by atoms with Crippen LogP contribution in [0.15, 0.2) is 12.4 Å². The number of hydrogen-bond donors (Lipinski definition) is 1. The molecule has 0 fully saturated rings. The summed E-state index contributed by atoms with van der Waals surface area (Å²) in [6.45, 7) is -0.889. The number of aliphatic hydroxyl groups is 1. The highest BCUT2D eigenvalue weighted by Crippen LogP contribution is 2.26. The minimum atomic E-state index is -4.93. The minimum absolute atomic E-state index is 0.572. The first-order chi connectivity index (χ1) is 6.44. The number of alkyl halides is 3. The van der Waals surface area contributed by atoms with Gasteiger partial charge in [-0.3, -0.25) is 4.98 Å². The van der Waals surface area contributed by atoms with Gasteiger partial charge < -0.3 is 9.84 Å². The first-order valence-electron chi connectivity index (χ1n) is 3.43. The molecule has 1 heterocycles. The van der Waals surface area contributed by atoms with Crippen molar-refractivity contribution in [2.45, 2.75) is 13.0 Å². The molecule has 7 heteroatoms. The van der Waals surface area contributed by atoms with E-state index in [1.54, 1.807) is 0 Å². The smallest absolute Gasteiger partial charge is 0.404 e. The first-order valence-corrected chi connectivity index (χ1v) is 3.43. The molecule has 0 saturated carbocycles. The molecule has 0 unspecified atom stereocenters. The SMILES string of the molecule is OCc1c(F)cncc1OC(F)(F)F. The van der Waals surface area contributed by atoms with Crippen molar-refractivity contribution in [1.82, 2.24) is 4.98 Å². The maximum Gasteiger partial charge on any atom is 0.573 e. The summed E-state index contributed by atoms with van der Waals surface area (Å²) < 4.78 is 51.4. The molecule has 1 rings (SSSR count). The van der Waals surface area contributed by atoms with E-state index in [2.05, 4.69) is 9.72 Å². The Kier molecular flexibility index (Phi) is 2.90. The molecule has 1 N–H and O–H groups in total. The van der Waals surface area contributed by atoms with Crippen LogP contribution in [0.1, 0.15) is 5.56 Å². The van der Waals surface area contributed by atoms with Crippen molar-refractivity contribution in [2.24, 2.45) is 0 Å². The Hall–Kier alpha value is -1.37. The third-order valence-electron chi connectivity index (χ3n) is 1.35. The molecule has 0 spiro atoms. The van der Waals surface area contributed by atoms with Crippen molar-refractivity contribution in [3.05, 3.63) is 23.8 Å². The van der Waals surface area contributed by atoms with Gasteiger partial charge in [0.25, 0.3) is 0 Å². The quantitative estimate of drug-likeness (QED) is 0.755. The molecule has 1 aromatic rings. The lowest BCUT2D eigenvalue weighted by molar-refractivity contribution is -0.275. The van der Waals surface area contributed by atoms with Crippen LogP contribution in [0.5, 0.6) is 5.75 Å². The summed E-state index contributed by atoms with van der Waals surface area (Å²) in [5.74, 6) is -1.88. The van der Waals surface area contributed by atoms with Gasteiger partial charge in [-0.2, -0.15) is 0 Å². The molecule has 0 aliphatic carbocycles. The van der Waals surface area contributed by atoms with Crippen LogP contribution in [0, 0.1) is 5.82 Å². The van der Waals surface area contributed by atoms with Crippen LogP contribution in [0.4, 0.5) is 17.6 Å². The molecule has 0 aliphatic rings. The molecule has 0 aromatic carbocycles. The van der Waals surface area contributed by atoms with Gasteiger partial charge in [-0.15, -0.1) is 13.2 Å². The van der Waals surface area contributed by atoms with Gasteiger partial charge in [-0.1, -0.05) is 0 Å². The fourth-order valence-electron chi connectivity index (χ4n) is 0.810. The van der Waals surface area contributed by atoms with Crippen LogP contribution >= 0.6 is 0 Å². The standard InChI is InChI=1S/C7H5F4NO2/c8-5-1-12-2-6(4(5)3-13)14-7(9,10)11/h1-2,13H,3H2. The van der Waals surface area contributed by atoms with E-state index in [4.69, 9.17) is 5.11 Å².